The Morgan fingerprint density at radius 2 is 2.19 bits per heavy atom. The molecule has 2 rings (SSSR count). The lowest BCUT2D eigenvalue weighted by Gasteiger charge is -2.34. The molecule has 1 heterocycles. The molecule has 0 aromatic heterocycles. The van der Waals surface area contributed by atoms with Crippen molar-refractivity contribution in [3.05, 3.63) is 39.9 Å². The molecule has 0 spiro atoms. The summed E-state index contributed by atoms with van der Waals surface area (Å²) in [6.07, 6.45) is 0.104. The molecule has 1 aromatic rings. The van der Waals surface area contributed by atoms with Gasteiger partial charge in [0.05, 0.1) is 29.7 Å². The molecule has 1 fully saturated rings. The second-order valence-corrected chi connectivity index (χ2v) is 7.11. The fraction of sp³-hybridized carbons (Fsp3) is 0.632. The van der Waals surface area contributed by atoms with Crippen molar-refractivity contribution in [2.75, 3.05) is 39.3 Å². The van der Waals surface area contributed by atoms with Gasteiger partial charge in [0.2, 0.25) is 0 Å². The molecule has 1 unspecified atom stereocenters. The van der Waals surface area contributed by atoms with Crippen LogP contribution in [-0.2, 0) is 11.3 Å². The molecule has 150 valence electrons. The molecule has 1 aliphatic rings. The summed E-state index contributed by atoms with van der Waals surface area (Å²) in [6, 6.07) is 6.69. The minimum atomic E-state index is -0.371. The molecule has 0 aliphatic carbocycles. The van der Waals surface area contributed by atoms with Crippen LogP contribution in [0.2, 0.25) is 0 Å². The highest BCUT2D eigenvalue weighted by atomic mass is 16.6. The summed E-state index contributed by atoms with van der Waals surface area (Å²) >= 11 is 0. The van der Waals surface area contributed by atoms with Gasteiger partial charge in [-0.05, 0) is 12.8 Å². The van der Waals surface area contributed by atoms with Gasteiger partial charge in [-0.1, -0.05) is 32.0 Å². The molecule has 1 saturated heterocycles. The first-order valence-corrected chi connectivity index (χ1v) is 9.58. The maximum Gasteiger partial charge on any atom is 0.274 e. The van der Waals surface area contributed by atoms with Gasteiger partial charge in [0.25, 0.3) is 5.69 Å². The van der Waals surface area contributed by atoms with Gasteiger partial charge < -0.3 is 15.4 Å². The van der Waals surface area contributed by atoms with Crippen molar-refractivity contribution in [1.29, 1.82) is 0 Å². The second-order valence-electron chi connectivity index (χ2n) is 7.11. The monoisotopic (exact) mass is 377 g/mol. The Morgan fingerprint density at radius 1 is 1.41 bits per heavy atom. The van der Waals surface area contributed by atoms with Crippen LogP contribution in [0.3, 0.4) is 0 Å². The van der Waals surface area contributed by atoms with E-state index in [1.807, 2.05) is 6.92 Å². The summed E-state index contributed by atoms with van der Waals surface area (Å²) in [5.74, 6) is 1.28. The van der Waals surface area contributed by atoms with E-state index in [1.165, 1.54) is 6.07 Å². The molecular weight excluding hydrogens is 346 g/mol. The Kier molecular flexibility index (Phi) is 8.47. The van der Waals surface area contributed by atoms with Crippen LogP contribution in [0.15, 0.2) is 29.3 Å². The minimum absolute atomic E-state index is 0.0945. The largest absolute Gasteiger partial charge is 0.374 e. The first-order valence-electron chi connectivity index (χ1n) is 9.58. The van der Waals surface area contributed by atoms with Crippen LogP contribution >= 0.6 is 0 Å². The predicted octanol–water partition coefficient (Wildman–Crippen LogP) is 2.01. The van der Waals surface area contributed by atoms with E-state index < -0.39 is 0 Å². The molecule has 0 bridgehead atoms. The first kappa shape index (κ1) is 21.1. The third kappa shape index (κ3) is 7.15. The van der Waals surface area contributed by atoms with Crippen LogP contribution in [0.1, 0.15) is 26.3 Å². The van der Waals surface area contributed by atoms with Gasteiger partial charge in [-0.25, -0.2) is 4.99 Å². The number of para-hydroxylation sites is 1. The van der Waals surface area contributed by atoms with E-state index in [0.717, 1.165) is 26.2 Å². The lowest BCUT2D eigenvalue weighted by Crippen LogP contribution is -2.50. The molecule has 8 nitrogen and oxygen atoms in total. The van der Waals surface area contributed by atoms with E-state index in [1.54, 1.807) is 18.2 Å². The number of nitrogens with zero attached hydrogens (tertiary/aromatic N) is 3. The van der Waals surface area contributed by atoms with Crippen molar-refractivity contribution < 1.29 is 9.66 Å². The standard InChI is InChI=1S/C19H31N5O3/c1-4-20-19(21-11-16-7-5-6-8-18(16)24(25)26)22-12-17-14-23(9-10-27-17)13-15(2)3/h5-8,15,17H,4,9-14H2,1-3H3,(H2,20,21,22). The number of hydrogen-bond acceptors (Lipinski definition) is 5. The summed E-state index contributed by atoms with van der Waals surface area (Å²) < 4.78 is 5.86. The molecule has 0 amide bonds. The van der Waals surface area contributed by atoms with Gasteiger partial charge in [-0.2, -0.15) is 0 Å². The van der Waals surface area contributed by atoms with Crippen molar-refractivity contribution in [3.63, 3.8) is 0 Å². The lowest BCUT2D eigenvalue weighted by molar-refractivity contribution is -0.385. The van der Waals surface area contributed by atoms with Gasteiger partial charge in [0, 0.05) is 38.8 Å². The Bertz CT molecular complexity index is 636. The maximum atomic E-state index is 11.1. The SMILES string of the molecule is CCNC(=NCc1ccccc1[N+](=O)[O-])NCC1CN(CC(C)C)CCO1. The van der Waals surface area contributed by atoms with Crippen LogP contribution in [0.5, 0.6) is 0 Å². The Hall–Kier alpha value is -2.19. The van der Waals surface area contributed by atoms with Crippen molar-refractivity contribution in [2.45, 2.75) is 33.4 Å². The fourth-order valence-electron chi connectivity index (χ4n) is 3.13. The summed E-state index contributed by atoms with van der Waals surface area (Å²) in [5, 5.41) is 17.6. The van der Waals surface area contributed by atoms with E-state index in [2.05, 4.69) is 34.4 Å². The first-order chi connectivity index (χ1) is 13.0. The van der Waals surface area contributed by atoms with Gasteiger partial charge in [0.1, 0.15) is 0 Å². The Morgan fingerprint density at radius 3 is 2.89 bits per heavy atom. The fourth-order valence-corrected chi connectivity index (χ4v) is 3.13. The summed E-state index contributed by atoms with van der Waals surface area (Å²) in [6.45, 7) is 11.7. The van der Waals surface area contributed by atoms with E-state index in [0.29, 0.717) is 30.5 Å². The van der Waals surface area contributed by atoms with Crippen molar-refractivity contribution in [3.8, 4) is 0 Å². The average Bonchev–Trinajstić information content (AvgIpc) is 2.64. The number of nitro groups is 1. The maximum absolute atomic E-state index is 11.1. The third-order valence-corrected chi connectivity index (χ3v) is 4.28. The highest BCUT2D eigenvalue weighted by Gasteiger charge is 2.21. The zero-order valence-corrected chi connectivity index (χ0v) is 16.5. The summed E-state index contributed by atoms with van der Waals surface area (Å²) in [4.78, 5) is 17.7. The molecule has 0 radical (unpaired) electrons. The number of morpholine rings is 1. The zero-order valence-electron chi connectivity index (χ0n) is 16.5. The van der Waals surface area contributed by atoms with E-state index in [9.17, 15) is 10.1 Å². The van der Waals surface area contributed by atoms with Crippen LogP contribution in [0.25, 0.3) is 0 Å². The normalized spacial score (nSPS) is 18.5. The van der Waals surface area contributed by atoms with Crippen LogP contribution in [-0.4, -0.2) is 61.2 Å². The second kappa shape index (κ2) is 10.8. The zero-order chi connectivity index (χ0) is 19.6. The van der Waals surface area contributed by atoms with Crippen molar-refractivity contribution in [2.24, 2.45) is 10.9 Å². The molecule has 0 saturated carbocycles. The number of benzene rings is 1. The molecule has 1 atom stereocenters. The highest BCUT2D eigenvalue weighted by Crippen LogP contribution is 2.18. The summed E-state index contributed by atoms with van der Waals surface area (Å²) in [7, 11) is 0. The topological polar surface area (TPSA) is 92.0 Å². The Balaban J connectivity index is 1.93. The molecule has 1 aliphatic heterocycles. The number of guanidine groups is 1. The molecule has 2 N–H and O–H groups in total. The number of hydrogen-bond donors (Lipinski definition) is 2. The quantitative estimate of drug-likeness (QED) is 0.312. The molecular formula is C19H31N5O3. The van der Waals surface area contributed by atoms with Crippen LogP contribution < -0.4 is 10.6 Å². The van der Waals surface area contributed by atoms with Gasteiger partial charge >= 0.3 is 0 Å². The summed E-state index contributed by atoms with van der Waals surface area (Å²) in [5.41, 5.74) is 0.689. The minimum Gasteiger partial charge on any atom is -0.374 e. The number of nitro benzene ring substituents is 1. The van der Waals surface area contributed by atoms with Crippen molar-refractivity contribution >= 4 is 11.6 Å². The number of ether oxygens (including phenoxy) is 1. The van der Waals surface area contributed by atoms with Gasteiger partial charge in [0.15, 0.2) is 5.96 Å². The molecule has 27 heavy (non-hydrogen) atoms. The molecule has 1 aromatic carbocycles. The predicted molar refractivity (Wildman–Crippen MR) is 107 cm³/mol. The average molecular weight is 377 g/mol. The highest BCUT2D eigenvalue weighted by molar-refractivity contribution is 5.79. The molecule has 8 heteroatoms. The van der Waals surface area contributed by atoms with Gasteiger partial charge in [-0.3, -0.25) is 15.0 Å². The smallest absolute Gasteiger partial charge is 0.274 e. The van der Waals surface area contributed by atoms with Crippen LogP contribution in [0.4, 0.5) is 5.69 Å². The van der Waals surface area contributed by atoms with E-state index >= 15 is 0 Å². The lowest BCUT2D eigenvalue weighted by atomic mass is 10.2. The van der Waals surface area contributed by atoms with Crippen LogP contribution in [0, 0.1) is 16.0 Å². The Labute approximate surface area is 161 Å². The number of rotatable bonds is 8. The van der Waals surface area contributed by atoms with E-state index in [4.69, 9.17) is 4.74 Å². The number of nitrogens with one attached hydrogen (secondary N) is 2. The van der Waals surface area contributed by atoms with E-state index in [-0.39, 0.29) is 23.3 Å². The third-order valence-electron chi connectivity index (χ3n) is 4.28. The number of aliphatic imine (C=N–C) groups is 1. The van der Waals surface area contributed by atoms with Gasteiger partial charge in [-0.15, -0.1) is 0 Å². The van der Waals surface area contributed by atoms with Crippen molar-refractivity contribution in [1.82, 2.24) is 15.5 Å².